The largest absolute Gasteiger partial charge is 0.444 e. The number of rotatable bonds is 7. The van der Waals surface area contributed by atoms with E-state index in [1.165, 1.54) is 11.6 Å². The number of likely N-dealkylation sites (N-methyl/N-ethyl adjacent to an activating group) is 1. The molecule has 0 spiro atoms. The quantitative estimate of drug-likeness (QED) is 0.333. The average Bonchev–Trinajstić information content (AvgIpc) is 3.29. The standard InChI is InChI=1S/C30H33F2N5O2/c1-4-27-29(34-30(38)39-19-22-7-10-25(31)26(32)16-22)37-18-24(15-20(2)28(37)33-27)23-8-5-21(6-9-23)17-36-13-11-35(3)12-14-36/h5-10,15-16,18H,4,11-14,17,19H2,1-3H3,(H,34,38). The number of halogens is 2. The summed E-state index contributed by atoms with van der Waals surface area (Å²) >= 11 is 0. The molecule has 39 heavy (non-hydrogen) atoms. The first-order chi connectivity index (χ1) is 18.8. The third kappa shape index (κ3) is 6.10. The summed E-state index contributed by atoms with van der Waals surface area (Å²) in [6, 6.07) is 14.1. The number of hydrogen-bond acceptors (Lipinski definition) is 5. The lowest BCUT2D eigenvalue weighted by Crippen LogP contribution is -2.43. The van der Waals surface area contributed by atoms with Crippen molar-refractivity contribution in [2.24, 2.45) is 0 Å². The fraction of sp³-hybridized carbons (Fsp3) is 0.333. The normalized spacial score (nSPS) is 14.6. The first-order valence-corrected chi connectivity index (χ1v) is 13.2. The van der Waals surface area contributed by atoms with E-state index in [2.05, 4.69) is 52.5 Å². The van der Waals surface area contributed by atoms with Crippen LogP contribution in [0, 0.1) is 18.6 Å². The van der Waals surface area contributed by atoms with Crippen LogP contribution in [0.1, 0.15) is 29.3 Å². The number of ether oxygens (including phenoxy) is 1. The van der Waals surface area contributed by atoms with Gasteiger partial charge in [0.15, 0.2) is 11.6 Å². The number of piperazine rings is 1. The van der Waals surface area contributed by atoms with Gasteiger partial charge in [0.2, 0.25) is 0 Å². The Morgan fingerprint density at radius 1 is 0.974 bits per heavy atom. The van der Waals surface area contributed by atoms with Crippen molar-refractivity contribution in [1.29, 1.82) is 0 Å². The molecule has 9 heteroatoms. The third-order valence-corrected chi connectivity index (χ3v) is 7.17. The summed E-state index contributed by atoms with van der Waals surface area (Å²) < 4.78 is 33.8. The van der Waals surface area contributed by atoms with E-state index < -0.39 is 17.7 Å². The van der Waals surface area contributed by atoms with E-state index in [1.807, 2.05) is 24.4 Å². The van der Waals surface area contributed by atoms with Gasteiger partial charge in [0, 0.05) is 38.9 Å². The van der Waals surface area contributed by atoms with Gasteiger partial charge in [-0.15, -0.1) is 0 Å². The van der Waals surface area contributed by atoms with Gasteiger partial charge in [-0.2, -0.15) is 0 Å². The van der Waals surface area contributed by atoms with Crippen molar-refractivity contribution in [3.05, 3.63) is 88.7 Å². The summed E-state index contributed by atoms with van der Waals surface area (Å²) in [4.78, 5) is 22.2. The SMILES string of the molecule is CCc1nc2c(C)cc(-c3ccc(CN4CCN(C)CC4)cc3)cn2c1NC(=O)OCc1ccc(F)c(F)c1. The zero-order valence-electron chi connectivity index (χ0n) is 22.5. The Morgan fingerprint density at radius 2 is 1.69 bits per heavy atom. The third-order valence-electron chi connectivity index (χ3n) is 7.17. The summed E-state index contributed by atoms with van der Waals surface area (Å²) in [7, 11) is 2.16. The van der Waals surface area contributed by atoms with Crippen LogP contribution in [0.4, 0.5) is 19.4 Å². The van der Waals surface area contributed by atoms with Crippen LogP contribution in [-0.4, -0.2) is 58.5 Å². The van der Waals surface area contributed by atoms with Crippen LogP contribution in [0.2, 0.25) is 0 Å². The van der Waals surface area contributed by atoms with E-state index in [9.17, 15) is 13.6 Å². The second kappa shape index (κ2) is 11.5. The average molecular weight is 534 g/mol. The molecule has 1 saturated heterocycles. The molecule has 0 aliphatic carbocycles. The molecule has 1 aliphatic heterocycles. The molecule has 204 valence electrons. The molecule has 1 fully saturated rings. The minimum absolute atomic E-state index is 0.189. The summed E-state index contributed by atoms with van der Waals surface area (Å²) in [5.74, 6) is -1.40. The number of nitrogens with one attached hydrogen (secondary N) is 1. The minimum Gasteiger partial charge on any atom is -0.444 e. The molecule has 0 saturated carbocycles. The van der Waals surface area contributed by atoms with E-state index >= 15 is 0 Å². The topological polar surface area (TPSA) is 62.1 Å². The number of aromatic nitrogens is 2. The van der Waals surface area contributed by atoms with Crippen molar-refractivity contribution in [2.75, 3.05) is 38.5 Å². The maximum absolute atomic E-state index is 13.5. The Balaban J connectivity index is 1.34. The number of benzene rings is 2. The zero-order valence-corrected chi connectivity index (χ0v) is 22.5. The van der Waals surface area contributed by atoms with Crippen LogP contribution in [0.25, 0.3) is 16.8 Å². The number of pyridine rings is 1. The summed E-state index contributed by atoms with van der Waals surface area (Å²) in [5.41, 5.74) is 6.16. The number of fused-ring (bicyclic) bond motifs is 1. The molecule has 3 heterocycles. The highest BCUT2D eigenvalue weighted by Crippen LogP contribution is 2.28. The number of hydrogen-bond donors (Lipinski definition) is 1. The second-order valence-electron chi connectivity index (χ2n) is 10.1. The fourth-order valence-corrected chi connectivity index (χ4v) is 4.87. The number of anilines is 1. The lowest BCUT2D eigenvalue weighted by atomic mass is 10.0. The van der Waals surface area contributed by atoms with Gasteiger partial charge in [0.1, 0.15) is 18.1 Å². The summed E-state index contributed by atoms with van der Waals surface area (Å²) in [5, 5.41) is 2.81. The summed E-state index contributed by atoms with van der Waals surface area (Å²) in [6.45, 7) is 9.06. The number of imidazole rings is 1. The van der Waals surface area contributed by atoms with Crippen molar-refractivity contribution in [3.63, 3.8) is 0 Å². The molecule has 0 radical (unpaired) electrons. The molecular weight excluding hydrogens is 500 g/mol. The molecule has 0 atom stereocenters. The zero-order chi connectivity index (χ0) is 27.5. The van der Waals surface area contributed by atoms with E-state index in [0.29, 0.717) is 17.8 Å². The lowest BCUT2D eigenvalue weighted by molar-refractivity contribution is 0.148. The first kappa shape index (κ1) is 26.8. The highest BCUT2D eigenvalue weighted by atomic mass is 19.2. The van der Waals surface area contributed by atoms with Gasteiger partial charge >= 0.3 is 6.09 Å². The highest BCUT2D eigenvalue weighted by Gasteiger charge is 2.18. The van der Waals surface area contributed by atoms with E-state index in [-0.39, 0.29) is 6.61 Å². The van der Waals surface area contributed by atoms with Crippen LogP contribution in [0.5, 0.6) is 0 Å². The molecule has 4 aromatic rings. The molecule has 0 bridgehead atoms. The molecule has 7 nitrogen and oxygen atoms in total. The first-order valence-electron chi connectivity index (χ1n) is 13.2. The van der Waals surface area contributed by atoms with Crippen LogP contribution >= 0.6 is 0 Å². The van der Waals surface area contributed by atoms with Gasteiger partial charge in [-0.3, -0.25) is 14.6 Å². The second-order valence-corrected chi connectivity index (χ2v) is 10.1. The Hall–Kier alpha value is -3.82. The van der Waals surface area contributed by atoms with Crippen molar-refractivity contribution in [1.82, 2.24) is 19.2 Å². The van der Waals surface area contributed by atoms with E-state index in [0.717, 1.165) is 72.9 Å². The molecule has 2 aromatic heterocycles. The van der Waals surface area contributed by atoms with Crippen molar-refractivity contribution < 1.29 is 18.3 Å². The number of amides is 1. The van der Waals surface area contributed by atoms with Crippen LogP contribution in [0.15, 0.2) is 54.7 Å². The van der Waals surface area contributed by atoms with Gasteiger partial charge in [-0.1, -0.05) is 37.3 Å². The molecule has 1 amide bonds. The molecule has 1 N–H and O–H groups in total. The molecule has 1 aliphatic rings. The number of nitrogens with zero attached hydrogens (tertiary/aromatic N) is 4. The van der Waals surface area contributed by atoms with Crippen molar-refractivity contribution in [2.45, 2.75) is 33.4 Å². The van der Waals surface area contributed by atoms with Gasteiger partial charge < -0.3 is 9.64 Å². The number of aryl methyl sites for hydroxylation is 2. The molecule has 5 rings (SSSR count). The van der Waals surface area contributed by atoms with Crippen molar-refractivity contribution in [3.8, 4) is 11.1 Å². The molecule has 0 unspecified atom stereocenters. The van der Waals surface area contributed by atoms with Gasteiger partial charge in [-0.25, -0.2) is 18.6 Å². The van der Waals surface area contributed by atoms with E-state index in [1.54, 1.807) is 0 Å². The van der Waals surface area contributed by atoms with Gasteiger partial charge in [-0.05, 0) is 66.4 Å². The minimum atomic E-state index is -0.984. The molecule has 2 aromatic carbocycles. The lowest BCUT2D eigenvalue weighted by Gasteiger charge is -2.32. The maximum Gasteiger partial charge on any atom is 0.413 e. The van der Waals surface area contributed by atoms with E-state index in [4.69, 9.17) is 9.72 Å². The highest BCUT2D eigenvalue weighted by molar-refractivity contribution is 5.85. The Labute approximate surface area is 227 Å². The Morgan fingerprint density at radius 3 is 2.38 bits per heavy atom. The predicted molar refractivity (Wildman–Crippen MR) is 148 cm³/mol. The van der Waals surface area contributed by atoms with Crippen LogP contribution in [0.3, 0.4) is 0 Å². The van der Waals surface area contributed by atoms with Gasteiger partial charge in [0.05, 0.1) is 5.69 Å². The fourth-order valence-electron chi connectivity index (χ4n) is 4.87. The van der Waals surface area contributed by atoms with Crippen LogP contribution in [-0.2, 0) is 24.3 Å². The number of carbonyl (C=O) groups is 1. The number of carbonyl (C=O) groups excluding carboxylic acids is 1. The summed E-state index contributed by atoms with van der Waals surface area (Å²) in [6.07, 6.45) is 1.87. The van der Waals surface area contributed by atoms with Crippen LogP contribution < -0.4 is 5.32 Å². The van der Waals surface area contributed by atoms with Gasteiger partial charge in [0.25, 0.3) is 0 Å². The van der Waals surface area contributed by atoms with Crippen molar-refractivity contribution >= 4 is 17.6 Å². The Kier molecular flexibility index (Phi) is 7.90. The predicted octanol–water partition coefficient (Wildman–Crippen LogP) is 5.65. The smallest absolute Gasteiger partial charge is 0.413 e. The monoisotopic (exact) mass is 533 g/mol. The Bertz CT molecular complexity index is 1480. The maximum atomic E-state index is 13.5. The molecular formula is C30H33F2N5O2.